The first-order chi connectivity index (χ1) is 10.8. The Bertz CT molecular complexity index is 482. The molecule has 22 heavy (non-hydrogen) atoms. The minimum atomic E-state index is -0.464. The first kappa shape index (κ1) is 16.5. The third-order valence-electron chi connectivity index (χ3n) is 3.04. The quantitative estimate of drug-likeness (QED) is 0.577. The molecule has 8 nitrogen and oxygen atoms in total. The van der Waals surface area contributed by atoms with Crippen LogP contribution in [0, 0.1) is 10.1 Å². The van der Waals surface area contributed by atoms with E-state index in [1.165, 1.54) is 12.1 Å². The molecular weight excluding hydrogens is 292 g/mol. The molecule has 0 spiro atoms. The lowest BCUT2D eigenvalue weighted by molar-refractivity contribution is -0.657. The van der Waals surface area contributed by atoms with E-state index < -0.39 is 4.92 Å². The molecule has 0 fully saturated rings. The van der Waals surface area contributed by atoms with E-state index in [1.807, 2.05) is 0 Å². The zero-order chi connectivity index (χ0) is 15.6. The third kappa shape index (κ3) is 5.47. The van der Waals surface area contributed by atoms with Crippen LogP contribution >= 0.6 is 0 Å². The zero-order valence-electron chi connectivity index (χ0n) is 12.4. The average molecular weight is 313 g/mol. The van der Waals surface area contributed by atoms with Gasteiger partial charge in [-0.1, -0.05) is 0 Å². The molecule has 1 aromatic rings. The molecule has 2 rings (SSSR count). The van der Waals surface area contributed by atoms with Crippen LogP contribution in [0.4, 0.5) is 5.69 Å². The van der Waals surface area contributed by atoms with Gasteiger partial charge in [0.2, 0.25) is 0 Å². The Morgan fingerprint density at radius 3 is 2.18 bits per heavy atom. The van der Waals surface area contributed by atoms with E-state index in [0.717, 1.165) is 13.1 Å². The molecule has 1 aliphatic heterocycles. The number of fused-ring (bicyclic) bond motifs is 1. The second kappa shape index (κ2) is 9.19. The topological polar surface area (TPSA) is 96.7 Å². The van der Waals surface area contributed by atoms with E-state index in [4.69, 9.17) is 18.9 Å². The minimum absolute atomic E-state index is 0.0352. The Morgan fingerprint density at radius 1 is 0.909 bits per heavy atom. The maximum Gasteiger partial charge on any atom is 0.273 e. The Morgan fingerprint density at radius 2 is 1.55 bits per heavy atom. The summed E-state index contributed by atoms with van der Waals surface area (Å²) in [6.07, 6.45) is 0. The van der Waals surface area contributed by atoms with Gasteiger partial charge in [-0.15, -0.1) is 0 Å². The fourth-order valence-corrected chi connectivity index (χ4v) is 1.95. The molecule has 0 aliphatic carbocycles. The van der Waals surface area contributed by atoms with Crippen LogP contribution in [-0.4, -0.2) is 57.7 Å². The van der Waals surface area contributed by atoms with Gasteiger partial charge in [-0.25, -0.2) is 0 Å². The first-order valence-corrected chi connectivity index (χ1v) is 7.28. The predicted octanol–water partition coefficient (Wildman–Crippen LogP) is -0.0374. The Balaban J connectivity index is 2.02. The summed E-state index contributed by atoms with van der Waals surface area (Å²) < 4.78 is 22.0. The number of nitrogens with zero attached hydrogens (tertiary/aromatic N) is 1. The SMILES string of the molecule is O=[N+]([O-])c1ccc2c(c1)OCCOCC[NH2+]CCOCCO2. The van der Waals surface area contributed by atoms with E-state index >= 15 is 0 Å². The molecule has 0 saturated carbocycles. The number of quaternary nitrogens is 1. The largest absolute Gasteiger partial charge is 0.487 e. The number of hydrogen-bond acceptors (Lipinski definition) is 6. The van der Waals surface area contributed by atoms with Crippen molar-refractivity contribution >= 4 is 5.69 Å². The normalized spacial score (nSPS) is 18.0. The lowest BCUT2D eigenvalue weighted by Crippen LogP contribution is -2.86. The highest BCUT2D eigenvalue weighted by Crippen LogP contribution is 2.31. The summed E-state index contributed by atoms with van der Waals surface area (Å²) in [6, 6.07) is 4.30. The van der Waals surface area contributed by atoms with Crippen LogP contribution in [0.5, 0.6) is 11.5 Å². The number of nitrogens with two attached hydrogens (primary N) is 1. The van der Waals surface area contributed by atoms with E-state index in [0.29, 0.717) is 51.1 Å². The Kier molecular flexibility index (Phi) is 6.88. The number of nitro benzene ring substituents is 1. The molecule has 1 heterocycles. The van der Waals surface area contributed by atoms with Crippen LogP contribution in [0.25, 0.3) is 0 Å². The molecule has 1 aromatic carbocycles. The maximum atomic E-state index is 10.8. The highest BCUT2D eigenvalue weighted by atomic mass is 16.6. The number of hydrogen-bond donors (Lipinski definition) is 1. The zero-order valence-corrected chi connectivity index (χ0v) is 12.4. The Labute approximate surface area is 128 Å². The van der Waals surface area contributed by atoms with Gasteiger partial charge in [-0.3, -0.25) is 10.1 Å². The lowest BCUT2D eigenvalue weighted by Gasteiger charge is -2.12. The van der Waals surface area contributed by atoms with Gasteiger partial charge < -0.3 is 24.3 Å². The van der Waals surface area contributed by atoms with Gasteiger partial charge in [-0.2, -0.15) is 0 Å². The molecule has 0 amide bonds. The van der Waals surface area contributed by atoms with E-state index in [1.54, 1.807) is 6.07 Å². The number of benzene rings is 1. The lowest BCUT2D eigenvalue weighted by atomic mass is 10.3. The summed E-state index contributed by atoms with van der Waals surface area (Å²) in [5.41, 5.74) is -0.0352. The Hall–Kier alpha value is -1.90. The van der Waals surface area contributed by atoms with Gasteiger partial charge >= 0.3 is 0 Å². The van der Waals surface area contributed by atoms with Crippen molar-refractivity contribution in [1.29, 1.82) is 0 Å². The van der Waals surface area contributed by atoms with Crippen LogP contribution in [0.1, 0.15) is 0 Å². The van der Waals surface area contributed by atoms with Crippen LogP contribution < -0.4 is 14.8 Å². The second-order valence-corrected chi connectivity index (χ2v) is 4.68. The smallest absolute Gasteiger partial charge is 0.273 e. The summed E-state index contributed by atoms with van der Waals surface area (Å²) in [6.45, 7) is 4.57. The number of ether oxygens (including phenoxy) is 4. The van der Waals surface area contributed by atoms with Crippen molar-refractivity contribution in [3.8, 4) is 11.5 Å². The molecule has 1 aliphatic rings. The number of nitro groups is 1. The summed E-state index contributed by atoms with van der Waals surface area (Å²) in [7, 11) is 0. The van der Waals surface area contributed by atoms with Gasteiger partial charge in [0.25, 0.3) is 5.69 Å². The predicted molar refractivity (Wildman–Crippen MR) is 77.4 cm³/mol. The molecular formula is C14H21N2O6+. The van der Waals surface area contributed by atoms with Crippen LogP contribution in [0.2, 0.25) is 0 Å². The molecule has 2 N–H and O–H groups in total. The summed E-state index contributed by atoms with van der Waals surface area (Å²) in [5, 5.41) is 13.0. The van der Waals surface area contributed by atoms with Crippen LogP contribution in [-0.2, 0) is 9.47 Å². The van der Waals surface area contributed by atoms with Crippen LogP contribution in [0.3, 0.4) is 0 Å². The van der Waals surface area contributed by atoms with Gasteiger partial charge in [0, 0.05) is 6.07 Å². The standard InChI is InChI=1S/C14H20N2O6/c17-16(18)12-1-2-13-14(11-12)22-10-8-20-6-4-15-3-5-19-7-9-21-13/h1-2,11,15H,3-10H2/p+1. The highest BCUT2D eigenvalue weighted by Gasteiger charge is 2.13. The number of rotatable bonds is 1. The fraction of sp³-hybridized carbons (Fsp3) is 0.571. The molecule has 0 aromatic heterocycles. The van der Waals surface area contributed by atoms with Crippen molar-refractivity contribution < 1.29 is 29.2 Å². The first-order valence-electron chi connectivity index (χ1n) is 7.28. The van der Waals surface area contributed by atoms with Crippen molar-refractivity contribution in [2.45, 2.75) is 0 Å². The molecule has 0 saturated heterocycles. The third-order valence-corrected chi connectivity index (χ3v) is 3.04. The molecule has 0 bridgehead atoms. The summed E-state index contributed by atoms with van der Waals surface area (Å²) in [4.78, 5) is 10.4. The van der Waals surface area contributed by atoms with E-state index in [2.05, 4.69) is 5.32 Å². The molecule has 122 valence electrons. The van der Waals surface area contributed by atoms with Crippen molar-refractivity contribution in [3.63, 3.8) is 0 Å². The average Bonchev–Trinajstić information content (AvgIpc) is 2.52. The summed E-state index contributed by atoms with van der Waals surface area (Å²) >= 11 is 0. The second-order valence-electron chi connectivity index (χ2n) is 4.68. The monoisotopic (exact) mass is 313 g/mol. The van der Waals surface area contributed by atoms with Gasteiger partial charge in [0.05, 0.1) is 50.5 Å². The van der Waals surface area contributed by atoms with Crippen LogP contribution in [0.15, 0.2) is 18.2 Å². The van der Waals surface area contributed by atoms with Gasteiger partial charge in [-0.05, 0) is 6.07 Å². The molecule has 0 unspecified atom stereocenters. The molecule has 0 atom stereocenters. The van der Waals surface area contributed by atoms with Crippen molar-refractivity contribution in [2.75, 3.05) is 52.7 Å². The molecule has 8 heteroatoms. The fourth-order valence-electron chi connectivity index (χ4n) is 1.95. The van der Waals surface area contributed by atoms with Crippen molar-refractivity contribution in [3.05, 3.63) is 28.3 Å². The minimum Gasteiger partial charge on any atom is -0.487 e. The maximum absolute atomic E-state index is 10.8. The van der Waals surface area contributed by atoms with Gasteiger partial charge in [0.1, 0.15) is 13.2 Å². The number of non-ortho nitro benzene ring substituents is 1. The highest BCUT2D eigenvalue weighted by molar-refractivity contribution is 5.48. The van der Waals surface area contributed by atoms with Crippen molar-refractivity contribution in [1.82, 2.24) is 0 Å². The molecule has 0 radical (unpaired) electrons. The van der Waals surface area contributed by atoms with Gasteiger partial charge in [0.15, 0.2) is 11.5 Å². The van der Waals surface area contributed by atoms with Crippen molar-refractivity contribution in [2.24, 2.45) is 0 Å². The van der Waals surface area contributed by atoms with E-state index in [-0.39, 0.29) is 5.69 Å². The summed E-state index contributed by atoms with van der Waals surface area (Å²) in [5.74, 6) is 0.815. The van der Waals surface area contributed by atoms with E-state index in [9.17, 15) is 10.1 Å².